The van der Waals surface area contributed by atoms with E-state index in [2.05, 4.69) is 27.7 Å². The maximum Gasteiger partial charge on any atom is 0.251 e. The molecule has 3 nitrogen and oxygen atoms in total. The van der Waals surface area contributed by atoms with Gasteiger partial charge in [-0.05, 0) is 56.4 Å². The number of piperidine rings is 1. The number of hydrogen-bond acceptors (Lipinski definition) is 3. The van der Waals surface area contributed by atoms with Crippen molar-refractivity contribution in [2.45, 2.75) is 32.2 Å². The van der Waals surface area contributed by atoms with Crippen molar-refractivity contribution in [1.29, 1.82) is 0 Å². The van der Waals surface area contributed by atoms with Gasteiger partial charge in [-0.3, -0.25) is 9.69 Å². The predicted molar refractivity (Wildman–Crippen MR) is 96.0 cm³/mol. The Morgan fingerprint density at radius 2 is 2.04 bits per heavy atom. The number of thiophene rings is 1. The quantitative estimate of drug-likeness (QED) is 0.899. The number of benzene rings is 1. The van der Waals surface area contributed by atoms with Crippen LogP contribution in [0.25, 0.3) is 0 Å². The van der Waals surface area contributed by atoms with Crippen molar-refractivity contribution < 1.29 is 4.79 Å². The minimum absolute atomic E-state index is 0.0206. The molecule has 1 saturated heterocycles. The van der Waals surface area contributed by atoms with E-state index in [1.54, 1.807) is 11.3 Å². The lowest BCUT2D eigenvalue weighted by Crippen LogP contribution is -2.40. The predicted octanol–water partition coefficient (Wildman–Crippen LogP) is 4.01. The normalized spacial score (nSPS) is 16.9. The van der Waals surface area contributed by atoms with Crippen LogP contribution in [-0.2, 0) is 0 Å². The van der Waals surface area contributed by atoms with Crippen molar-refractivity contribution in [3.63, 3.8) is 0 Å². The van der Waals surface area contributed by atoms with E-state index in [1.165, 1.54) is 24.1 Å². The molecule has 4 heteroatoms. The van der Waals surface area contributed by atoms with Gasteiger partial charge in [0.05, 0.1) is 6.04 Å². The lowest BCUT2D eigenvalue weighted by atomic mass is 10.1. The summed E-state index contributed by atoms with van der Waals surface area (Å²) >= 11 is 1.78. The van der Waals surface area contributed by atoms with Crippen LogP contribution in [0.15, 0.2) is 41.8 Å². The highest BCUT2D eigenvalue weighted by molar-refractivity contribution is 7.10. The first kappa shape index (κ1) is 16.2. The molecular formula is C19H24N2OS. The van der Waals surface area contributed by atoms with Crippen molar-refractivity contribution in [3.05, 3.63) is 57.8 Å². The van der Waals surface area contributed by atoms with Gasteiger partial charge in [0.25, 0.3) is 5.91 Å². The number of hydrogen-bond donors (Lipinski definition) is 1. The average molecular weight is 328 g/mol. The third kappa shape index (κ3) is 4.21. The van der Waals surface area contributed by atoms with E-state index in [9.17, 15) is 4.79 Å². The second kappa shape index (κ2) is 7.75. The van der Waals surface area contributed by atoms with Crippen LogP contribution in [0, 0.1) is 6.92 Å². The summed E-state index contributed by atoms with van der Waals surface area (Å²) < 4.78 is 0. The number of carbonyl (C=O) groups is 1. The molecule has 23 heavy (non-hydrogen) atoms. The lowest BCUT2D eigenvalue weighted by molar-refractivity contribution is 0.0925. The molecule has 0 aliphatic carbocycles. The van der Waals surface area contributed by atoms with Gasteiger partial charge in [-0.15, -0.1) is 11.3 Å². The van der Waals surface area contributed by atoms with Crippen molar-refractivity contribution in [2.75, 3.05) is 19.6 Å². The van der Waals surface area contributed by atoms with Crippen LogP contribution >= 0.6 is 11.3 Å². The number of nitrogens with zero attached hydrogens (tertiary/aromatic N) is 1. The summed E-state index contributed by atoms with van der Waals surface area (Å²) in [6.07, 6.45) is 3.84. The van der Waals surface area contributed by atoms with Crippen LogP contribution in [0.2, 0.25) is 0 Å². The Balaban J connectivity index is 1.67. The highest BCUT2D eigenvalue weighted by atomic mass is 32.1. The zero-order valence-corrected chi connectivity index (χ0v) is 14.4. The van der Waals surface area contributed by atoms with Crippen LogP contribution in [0.4, 0.5) is 0 Å². The maximum atomic E-state index is 12.4. The first-order valence-electron chi connectivity index (χ1n) is 8.36. The zero-order chi connectivity index (χ0) is 16.1. The molecule has 3 rings (SSSR count). The van der Waals surface area contributed by atoms with Crippen LogP contribution in [0.3, 0.4) is 0 Å². The second-order valence-corrected chi connectivity index (χ2v) is 7.19. The molecular weight excluding hydrogens is 304 g/mol. The first-order chi connectivity index (χ1) is 11.2. The van der Waals surface area contributed by atoms with E-state index in [-0.39, 0.29) is 5.91 Å². The van der Waals surface area contributed by atoms with E-state index < -0.39 is 0 Å². The number of rotatable bonds is 5. The van der Waals surface area contributed by atoms with E-state index in [1.807, 2.05) is 31.2 Å². The molecule has 122 valence electrons. The number of amides is 1. The third-order valence-corrected chi connectivity index (χ3v) is 5.41. The molecule has 1 unspecified atom stereocenters. The van der Waals surface area contributed by atoms with Crippen LogP contribution < -0.4 is 5.32 Å². The largest absolute Gasteiger partial charge is 0.350 e. The van der Waals surface area contributed by atoms with Crippen LogP contribution in [0.1, 0.15) is 46.1 Å². The topological polar surface area (TPSA) is 32.3 Å². The molecule has 1 aliphatic heterocycles. The van der Waals surface area contributed by atoms with Crippen LogP contribution in [-0.4, -0.2) is 30.4 Å². The zero-order valence-electron chi connectivity index (χ0n) is 13.6. The average Bonchev–Trinajstić information content (AvgIpc) is 3.10. The molecule has 1 N–H and O–H groups in total. The Labute approximate surface area is 142 Å². The molecule has 0 spiro atoms. The number of nitrogens with one attached hydrogen (secondary N) is 1. The summed E-state index contributed by atoms with van der Waals surface area (Å²) in [5.41, 5.74) is 1.86. The fourth-order valence-corrected chi connectivity index (χ4v) is 4.06. The van der Waals surface area contributed by atoms with Gasteiger partial charge in [-0.25, -0.2) is 0 Å². The minimum atomic E-state index is 0.0206. The Hall–Kier alpha value is -1.65. The maximum absolute atomic E-state index is 12.4. The molecule has 1 aromatic heterocycles. The summed E-state index contributed by atoms with van der Waals surface area (Å²) in [6.45, 7) is 4.94. The highest BCUT2D eigenvalue weighted by Gasteiger charge is 2.23. The summed E-state index contributed by atoms with van der Waals surface area (Å²) in [5.74, 6) is 0.0206. The standard InChI is InChI=1S/C19H24N2OS/c1-15-7-5-8-16(13-15)19(22)20-14-17(18-9-6-12-23-18)21-10-3-2-4-11-21/h5-9,12-13,17H,2-4,10-11,14H2,1H3,(H,20,22). The fraction of sp³-hybridized carbons (Fsp3) is 0.421. The summed E-state index contributed by atoms with van der Waals surface area (Å²) in [4.78, 5) is 16.3. The molecule has 2 aromatic rings. The first-order valence-corrected chi connectivity index (χ1v) is 9.24. The monoisotopic (exact) mass is 328 g/mol. The minimum Gasteiger partial charge on any atom is -0.350 e. The van der Waals surface area contributed by atoms with Gasteiger partial charge in [0.2, 0.25) is 0 Å². The molecule has 1 atom stereocenters. The van der Waals surface area contributed by atoms with E-state index >= 15 is 0 Å². The molecule has 1 amide bonds. The Bertz CT molecular complexity index is 633. The Morgan fingerprint density at radius 1 is 1.22 bits per heavy atom. The SMILES string of the molecule is Cc1cccc(C(=O)NCC(c2cccs2)N2CCCCC2)c1. The van der Waals surface area contributed by atoms with Gasteiger partial charge in [0.1, 0.15) is 0 Å². The molecule has 2 heterocycles. The van der Waals surface area contributed by atoms with Crippen molar-refractivity contribution in [2.24, 2.45) is 0 Å². The van der Waals surface area contributed by atoms with Gasteiger partial charge in [0, 0.05) is 17.0 Å². The lowest BCUT2D eigenvalue weighted by Gasteiger charge is -2.34. The smallest absolute Gasteiger partial charge is 0.251 e. The van der Waals surface area contributed by atoms with Gasteiger partial charge in [0.15, 0.2) is 0 Å². The van der Waals surface area contributed by atoms with E-state index in [0.717, 1.165) is 24.2 Å². The molecule has 0 saturated carbocycles. The van der Waals surface area contributed by atoms with Crippen LogP contribution in [0.5, 0.6) is 0 Å². The van der Waals surface area contributed by atoms with Gasteiger partial charge in [-0.2, -0.15) is 0 Å². The van der Waals surface area contributed by atoms with Gasteiger partial charge < -0.3 is 5.32 Å². The Morgan fingerprint density at radius 3 is 2.74 bits per heavy atom. The number of likely N-dealkylation sites (tertiary alicyclic amines) is 1. The number of aryl methyl sites for hydroxylation is 1. The molecule has 1 aliphatic rings. The van der Waals surface area contributed by atoms with Gasteiger partial charge in [-0.1, -0.05) is 30.2 Å². The summed E-state index contributed by atoms with van der Waals surface area (Å²) in [5, 5.41) is 5.26. The summed E-state index contributed by atoms with van der Waals surface area (Å²) in [7, 11) is 0. The fourth-order valence-electron chi connectivity index (χ4n) is 3.20. The summed E-state index contributed by atoms with van der Waals surface area (Å²) in [6, 6.07) is 12.3. The molecule has 1 aromatic carbocycles. The third-order valence-electron chi connectivity index (χ3n) is 4.44. The number of carbonyl (C=O) groups excluding carboxylic acids is 1. The van der Waals surface area contributed by atoms with E-state index in [0.29, 0.717) is 12.6 Å². The van der Waals surface area contributed by atoms with Gasteiger partial charge >= 0.3 is 0 Å². The van der Waals surface area contributed by atoms with E-state index in [4.69, 9.17) is 0 Å². The van der Waals surface area contributed by atoms with Crippen molar-refractivity contribution in [1.82, 2.24) is 10.2 Å². The van der Waals surface area contributed by atoms with Crippen molar-refractivity contribution in [3.8, 4) is 0 Å². The molecule has 1 fully saturated rings. The Kier molecular flexibility index (Phi) is 5.47. The molecule has 0 bridgehead atoms. The van der Waals surface area contributed by atoms with Crippen molar-refractivity contribution >= 4 is 17.2 Å². The highest BCUT2D eigenvalue weighted by Crippen LogP contribution is 2.27. The molecule has 0 radical (unpaired) electrons. The second-order valence-electron chi connectivity index (χ2n) is 6.21.